The average molecular weight is 164 g/mol. The maximum absolute atomic E-state index is 10.3. The van der Waals surface area contributed by atoms with E-state index in [1.165, 1.54) is 0 Å². The van der Waals surface area contributed by atoms with Crippen molar-refractivity contribution in [2.75, 3.05) is 5.32 Å². The summed E-state index contributed by atoms with van der Waals surface area (Å²) in [6, 6.07) is 3.90. The van der Waals surface area contributed by atoms with E-state index in [9.17, 15) is 4.79 Å². The van der Waals surface area contributed by atoms with Gasteiger partial charge in [-0.2, -0.15) is 0 Å². The summed E-state index contributed by atoms with van der Waals surface area (Å²) in [5.74, 6) is 0.801. The Bertz CT molecular complexity index is 254. The summed E-state index contributed by atoms with van der Waals surface area (Å²) in [6.45, 7) is 4.07. The van der Waals surface area contributed by atoms with Gasteiger partial charge >= 0.3 is 0 Å². The number of carbonyl (C=O) groups excluding carboxylic acids is 1. The summed E-state index contributed by atoms with van der Waals surface area (Å²) in [4.78, 5) is 14.3. The van der Waals surface area contributed by atoms with Crippen molar-refractivity contribution in [2.45, 2.75) is 19.9 Å². The molecular formula is C9H12N2O. The third-order valence-corrected chi connectivity index (χ3v) is 1.36. The molecule has 0 aliphatic heterocycles. The Morgan fingerprint density at radius 3 is 2.67 bits per heavy atom. The van der Waals surface area contributed by atoms with E-state index in [4.69, 9.17) is 0 Å². The molecule has 1 heterocycles. The van der Waals surface area contributed by atoms with Gasteiger partial charge in [-0.1, -0.05) is 0 Å². The molecule has 0 spiro atoms. The second kappa shape index (κ2) is 3.85. The van der Waals surface area contributed by atoms with Crippen LogP contribution in [0.15, 0.2) is 18.3 Å². The average Bonchev–Trinajstić information content (AvgIpc) is 2.05. The molecular weight excluding hydrogens is 152 g/mol. The second-order valence-electron chi connectivity index (χ2n) is 2.89. The number of rotatable bonds is 3. The monoisotopic (exact) mass is 164 g/mol. The molecule has 0 bridgehead atoms. The third-order valence-electron chi connectivity index (χ3n) is 1.36. The molecule has 1 aromatic rings. The third kappa shape index (κ3) is 2.34. The summed E-state index contributed by atoms with van der Waals surface area (Å²) in [7, 11) is 0. The van der Waals surface area contributed by atoms with Crippen LogP contribution in [-0.4, -0.2) is 17.3 Å². The number of carbonyl (C=O) groups is 1. The van der Waals surface area contributed by atoms with Crippen LogP contribution in [0.1, 0.15) is 24.2 Å². The van der Waals surface area contributed by atoms with Crippen LogP contribution in [0, 0.1) is 0 Å². The molecule has 3 heteroatoms. The molecule has 0 atom stereocenters. The molecule has 0 unspecified atom stereocenters. The lowest BCUT2D eigenvalue weighted by Gasteiger charge is -2.07. The SMILES string of the molecule is CC(C)Nc1ccc(C=O)cn1. The number of hydrogen-bond donors (Lipinski definition) is 1. The number of pyridine rings is 1. The van der Waals surface area contributed by atoms with Crippen LogP contribution >= 0.6 is 0 Å². The number of nitrogens with one attached hydrogen (secondary N) is 1. The lowest BCUT2D eigenvalue weighted by atomic mass is 10.3. The van der Waals surface area contributed by atoms with E-state index in [1.54, 1.807) is 18.3 Å². The van der Waals surface area contributed by atoms with Crippen molar-refractivity contribution in [1.29, 1.82) is 0 Å². The zero-order valence-corrected chi connectivity index (χ0v) is 7.24. The van der Waals surface area contributed by atoms with Gasteiger partial charge in [-0.15, -0.1) is 0 Å². The molecule has 0 amide bonds. The van der Waals surface area contributed by atoms with Gasteiger partial charge in [0, 0.05) is 17.8 Å². The lowest BCUT2D eigenvalue weighted by Crippen LogP contribution is -2.10. The van der Waals surface area contributed by atoms with E-state index in [0.29, 0.717) is 11.6 Å². The number of aromatic nitrogens is 1. The molecule has 1 rings (SSSR count). The van der Waals surface area contributed by atoms with Crippen molar-refractivity contribution in [3.05, 3.63) is 23.9 Å². The zero-order valence-electron chi connectivity index (χ0n) is 7.24. The Labute approximate surface area is 71.8 Å². The first-order valence-corrected chi connectivity index (χ1v) is 3.90. The summed E-state index contributed by atoms with van der Waals surface area (Å²) >= 11 is 0. The fraction of sp³-hybridized carbons (Fsp3) is 0.333. The molecule has 0 radical (unpaired) electrons. The molecule has 0 fully saturated rings. The highest BCUT2D eigenvalue weighted by atomic mass is 16.1. The number of aldehydes is 1. The first-order chi connectivity index (χ1) is 5.72. The minimum atomic E-state index is 0.361. The summed E-state index contributed by atoms with van der Waals surface area (Å²) in [6.07, 6.45) is 2.34. The Kier molecular flexibility index (Phi) is 2.80. The normalized spacial score (nSPS) is 9.92. The van der Waals surface area contributed by atoms with E-state index in [1.807, 2.05) is 13.8 Å². The van der Waals surface area contributed by atoms with Crippen molar-refractivity contribution in [3.8, 4) is 0 Å². The largest absolute Gasteiger partial charge is 0.368 e. The highest BCUT2D eigenvalue weighted by Gasteiger charge is 1.95. The van der Waals surface area contributed by atoms with Crippen LogP contribution in [-0.2, 0) is 0 Å². The molecule has 64 valence electrons. The maximum Gasteiger partial charge on any atom is 0.151 e. The van der Waals surface area contributed by atoms with E-state index in [-0.39, 0.29) is 0 Å². The van der Waals surface area contributed by atoms with Crippen molar-refractivity contribution >= 4 is 12.1 Å². The highest BCUT2D eigenvalue weighted by Crippen LogP contribution is 2.04. The quantitative estimate of drug-likeness (QED) is 0.691. The molecule has 1 N–H and O–H groups in total. The first kappa shape index (κ1) is 8.71. The van der Waals surface area contributed by atoms with Crippen molar-refractivity contribution in [1.82, 2.24) is 4.98 Å². The van der Waals surface area contributed by atoms with Gasteiger partial charge in [-0.05, 0) is 26.0 Å². The lowest BCUT2D eigenvalue weighted by molar-refractivity contribution is 0.112. The van der Waals surface area contributed by atoms with E-state index in [0.717, 1.165) is 12.1 Å². The summed E-state index contributed by atoms with van der Waals surface area (Å²) < 4.78 is 0. The first-order valence-electron chi connectivity index (χ1n) is 3.90. The Balaban J connectivity index is 2.71. The predicted octanol–water partition coefficient (Wildman–Crippen LogP) is 1.71. The highest BCUT2D eigenvalue weighted by molar-refractivity contribution is 5.74. The molecule has 0 saturated carbocycles. The minimum absolute atomic E-state index is 0.361. The van der Waals surface area contributed by atoms with Crippen LogP contribution in [0.5, 0.6) is 0 Å². The molecule has 0 aliphatic carbocycles. The molecule has 1 aromatic heterocycles. The fourth-order valence-electron chi connectivity index (χ4n) is 0.856. The van der Waals surface area contributed by atoms with E-state index < -0.39 is 0 Å². The van der Waals surface area contributed by atoms with Crippen LogP contribution in [0.25, 0.3) is 0 Å². The topological polar surface area (TPSA) is 42.0 Å². The smallest absolute Gasteiger partial charge is 0.151 e. The van der Waals surface area contributed by atoms with E-state index >= 15 is 0 Å². The molecule has 0 aliphatic rings. The second-order valence-corrected chi connectivity index (χ2v) is 2.89. The van der Waals surface area contributed by atoms with Gasteiger partial charge in [0.2, 0.25) is 0 Å². The van der Waals surface area contributed by atoms with Gasteiger partial charge in [0.1, 0.15) is 5.82 Å². The van der Waals surface area contributed by atoms with Crippen molar-refractivity contribution in [2.24, 2.45) is 0 Å². The zero-order chi connectivity index (χ0) is 8.97. The maximum atomic E-state index is 10.3. The summed E-state index contributed by atoms with van der Waals surface area (Å²) in [5, 5.41) is 3.13. The Morgan fingerprint density at radius 2 is 2.25 bits per heavy atom. The molecule has 0 aromatic carbocycles. The van der Waals surface area contributed by atoms with Crippen LogP contribution in [0.3, 0.4) is 0 Å². The van der Waals surface area contributed by atoms with Gasteiger partial charge < -0.3 is 5.32 Å². The number of nitrogens with zero attached hydrogens (tertiary/aromatic N) is 1. The van der Waals surface area contributed by atoms with Gasteiger partial charge in [0.05, 0.1) is 0 Å². The van der Waals surface area contributed by atoms with Crippen molar-refractivity contribution < 1.29 is 4.79 Å². The molecule has 3 nitrogen and oxygen atoms in total. The van der Waals surface area contributed by atoms with Crippen molar-refractivity contribution in [3.63, 3.8) is 0 Å². The Hall–Kier alpha value is -1.38. The Morgan fingerprint density at radius 1 is 1.50 bits per heavy atom. The van der Waals surface area contributed by atoms with Gasteiger partial charge in [-0.3, -0.25) is 4.79 Å². The number of anilines is 1. The predicted molar refractivity (Wildman–Crippen MR) is 48.4 cm³/mol. The standard InChI is InChI=1S/C9H12N2O/c1-7(2)11-9-4-3-8(6-12)5-10-9/h3-7H,1-2H3,(H,10,11). The number of hydrogen-bond acceptors (Lipinski definition) is 3. The van der Waals surface area contributed by atoms with Gasteiger partial charge in [0.25, 0.3) is 0 Å². The summed E-state index contributed by atoms with van der Waals surface area (Å²) in [5.41, 5.74) is 0.601. The molecule has 0 saturated heterocycles. The fourth-order valence-corrected chi connectivity index (χ4v) is 0.856. The van der Waals surface area contributed by atoms with Gasteiger partial charge in [-0.25, -0.2) is 4.98 Å². The van der Waals surface area contributed by atoms with E-state index in [2.05, 4.69) is 10.3 Å². The minimum Gasteiger partial charge on any atom is -0.368 e. The van der Waals surface area contributed by atoms with Crippen LogP contribution < -0.4 is 5.32 Å². The van der Waals surface area contributed by atoms with Gasteiger partial charge in [0.15, 0.2) is 6.29 Å². The van der Waals surface area contributed by atoms with Crippen LogP contribution in [0.2, 0.25) is 0 Å². The van der Waals surface area contributed by atoms with Crippen LogP contribution in [0.4, 0.5) is 5.82 Å². The molecule has 12 heavy (non-hydrogen) atoms.